The van der Waals surface area contributed by atoms with E-state index in [0.29, 0.717) is 19.3 Å². The molecule has 0 aliphatic carbocycles. The Hall–Kier alpha value is -3.93. The lowest BCUT2D eigenvalue weighted by atomic mass is 10.0. The minimum atomic E-state index is -0.789. The second kappa shape index (κ2) is 61.6. The standard InChI is InChI=1S/C68H114O6/c1-4-7-10-13-16-19-22-25-27-29-31-32-33-34-35-36-38-39-41-43-46-49-52-55-58-61-67(70)73-64-65(63-72-66(69)60-57-54-51-48-45-24-21-18-15-12-9-6-3)74-68(71)62-59-56-53-50-47-44-42-40-37-30-28-26-23-20-17-14-11-8-5-2/h7-8,10-11,16-17,19-20,25-28,31-32,34-35,37,40,65H,4-6,9,12-15,18,21-24,29-30,33,36,38-39,41-64H2,1-3H3/b10-7-,11-8-,19-16-,20-17-,27-25-,28-26-,32-31-,35-34-,40-37-. The first-order valence-electron chi connectivity index (χ1n) is 30.9. The van der Waals surface area contributed by atoms with Crippen molar-refractivity contribution in [1.29, 1.82) is 0 Å². The van der Waals surface area contributed by atoms with Gasteiger partial charge in [-0.25, -0.2) is 0 Å². The molecule has 1 unspecified atom stereocenters. The van der Waals surface area contributed by atoms with Crippen LogP contribution in [0.4, 0.5) is 0 Å². The predicted octanol–water partition coefficient (Wildman–Crippen LogP) is 21.0. The number of hydrogen-bond donors (Lipinski definition) is 0. The lowest BCUT2D eigenvalue weighted by Gasteiger charge is -2.18. The number of esters is 3. The molecule has 0 saturated carbocycles. The molecule has 74 heavy (non-hydrogen) atoms. The van der Waals surface area contributed by atoms with E-state index in [1.54, 1.807) is 0 Å². The molecule has 1 atom stereocenters. The topological polar surface area (TPSA) is 78.9 Å². The quantitative estimate of drug-likeness (QED) is 0.0261. The van der Waals surface area contributed by atoms with Crippen molar-refractivity contribution in [2.75, 3.05) is 13.2 Å². The number of rotatable bonds is 55. The maximum absolute atomic E-state index is 12.9. The van der Waals surface area contributed by atoms with E-state index in [1.165, 1.54) is 109 Å². The van der Waals surface area contributed by atoms with Crippen LogP contribution in [0, 0.1) is 0 Å². The highest BCUT2D eigenvalue weighted by Crippen LogP contribution is 2.16. The molecule has 0 aliphatic rings. The molecule has 0 aliphatic heterocycles. The smallest absolute Gasteiger partial charge is 0.306 e. The summed E-state index contributed by atoms with van der Waals surface area (Å²) >= 11 is 0. The van der Waals surface area contributed by atoms with E-state index in [0.717, 1.165) is 135 Å². The van der Waals surface area contributed by atoms with E-state index in [9.17, 15) is 14.4 Å². The maximum atomic E-state index is 12.9. The third-order valence-electron chi connectivity index (χ3n) is 13.0. The first-order chi connectivity index (χ1) is 36.5. The van der Waals surface area contributed by atoms with Gasteiger partial charge < -0.3 is 14.2 Å². The fourth-order valence-corrected chi connectivity index (χ4v) is 8.46. The van der Waals surface area contributed by atoms with E-state index in [-0.39, 0.29) is 31.1 Å². The van der Waals surface area contributed by atoms with E-state index < -0.39 is 6.10 Å². The lowest BCUT2D eigenvalue weighted by molar-refractivity contribution is -0.167. The first-order valence-corrected chi connectivity index (χ1v) is 30.9. The summed E-state index contributed by atoms with van der Waals surface area (Å²) in [6.45, 7) is 6.41. The molecule has 0 fully saturated rings. The molecular weight excluding hydrogens is 913 g/mol. The van der Waals surface area contributed by atoms with Crippen molar-refractivity contribution in [2.45, 2.75) is 290 Å². The highest BCUT2D eigenvalue weighted by Gasteiger charge is 2.19. The molecule has 6 nitrogen and oxygen atoms in total. The molecule has 0 spiro atoms. The monoisotopic (exact) mass is 1030 g/mol. The molecule has 0 heterocycles. The van der Waals surface area contributed by atoms with Gasteiger partial charge in [-0.05, 0) is 103 Å². The van der Waals surface area contributed by atoms with Gasteiger partial charge in [-0.1, -0.05) is 271 Å². The summed E-state index contributed by atoms with van der Waals surface area (Å²) in [6.07, 6.45) is 83.7. The molecule has 0 amide bonds. The van der Waals surface area contributed by atoms with Crippen LogP contribution in [0.2, 0.25) is 0 Å². The third kappa shape index (κ3) is 59.0. The Labute approximate surface area is 457 Å². The Bertz CT molecular complexity index is 1510. The van der Waals surface area contributed by atoms with Crippen molar-refractivity contribution < 1.29 is 28.6 Å². The van der Waals surface area contributed by atoms with Crippen molar-refractivity contribution in [3.05, 3.63) is 109 Å². The Balaban J connectivity index is 4.35. The fraction of sp³-hybridized carbons (Fsp3) is 0.691. The van der Waals surface area contributed by atoms with Crippen LogP contribution in [-0.2, 0) is 28.6 Å². The molecule has 0 aromatic rings. The summed E-state index contributed by atoms with van der Waals surface area (Å²) < 4.78 is 16.9. The molecule has 422 valence electrons. The molecule has 0 N–H and O–H groups in total. The number of unbranched alkanes of at least 4 members (excludes halogenated alkanes) is 26. The van der Waals surface area contributed by atoms with Crippen molar-refractivity contribution in [3.8, 4) is 0 Å². The van der Waals surface area contributed by atoms with Crippen LogP contribution in [0.5, 0.6) is 0 Å². The van der Waals surface area contributed by atoms with Crippen LogP contribution in [0.3, 0.4) is 0 Å². The highest BCUT2D eigenvalue weighted by molar-refractivity contribution is 5.71. The molecule has 0 rings (SSSR count). The van der Waals surface area contributed by atoms with Gasteiger partial charge in [0.1, 0.15) is 13.2 Å². The molecule has 0 aromatic heterocycles. The zero-order valence-electron chi connectivity index (χ0n) is 48.3. The van der Waals surface area contributed by atoms with Gasteiger partial charge >= 0.3 is 17.9 Å². The SMILES string of the molecule is CC/C=C\C/C=C\C/C=C\C/C=C\C/C=C\CCCCCCCCCCCC(=O)OCC(COC(=O)CCCCCCCCCCCCCC)OC(=O)CCCCCCCC/C=C\C/C=C\C/C=C\C/C=C\CC. The number of allylic oxidation sites excluding steroid dienone is 18. The van der Waals surface area contributed by atoms with E-state index in [4.69, 9.17) is 14.2 Å². The molecule has 0 radical (unpaired) electrons. The second-order valence-corrected chi connectivity index (χ2v) is 20.2. The highest BCUT2D eigenvalue weighted by atomic mass is 16.6. The van der Waals surface area contributed by atoms with Gasteiger partial charge in [-0.3, -0.25) is 14.4 Å². The Morgan fingerprint density at radius 2 is 0.527 bits per heavy atom. The zero-order chi connectivity index (χ0) is 53.6. The van der Waals surface area contributed by atoms with Crippen LogP contribution < -0.4 is 0 Å². The van der Waals surface area contributed by atoms with Gasteiger partial charge in [0.15, 0.2) is 6.10 Å². The first kappa shape index (κ1) is 70.1. The zero-order valence-corrected chi connectivity index (χ0v) is 48.3. The number of hydrogen-bond acceptors (Lipinski definition) is 6. The van der Waals surface area contributed by atoms with Crippen molar-refractivity contribution >= 4 is 17.9 Å². The lowest BCUT2D eigenvalue weighted by Crippen LogP contribution is -2.30. The van der Waals surface area contributed by atoms with E-state index in [1.807, 2.05) is 0 Å². The molecule has 0 aromatic carbocycles. The number of carbonyl (C=O) groups is 3. The molecule has 0 bridgehead atoms. The summed E-state index contributed by atoms with van der Waals surface area (Å²) in [7, 11) is 0. The maximum Gasteiger partial charge on any atom is 0.306 e. The van der Waals surface area contributed by atoms with Crippen LogP contribution in [0.25, 0.3) is 0 Å². The van der Waals surface area contributed by atoms with Crippen molar-refractivity contribution in [1.82, 2.24) is 0 Å². The number of ether oxygens (including phenoxy) is 3. The Kier molecular flexibility index (Phi) is 58.3. The molecule has 6 heteroatoms. The average Bonchev–Trinajstić information content (AvgIpc) is 3.40. The van der Waals surface area contributed by atoms with Crippen LogP contribution >= 0.6 is 0 Å². The summed E-state index contributed by atoms with van der Waals surface area (Å²) in [6, 6.07) is 0. The normalized spacial score (nSPS) is 12.9. The fourth-order valence-electron chi connectivity index (χ4n) is 8.46. The summed E-state index contributed by atoms with van der Waals surface area (Å²) in [5, 5.41) is 0. The Morgan fingerprint density at radius 3 is 0.824 bits per heavy atom. The van der Waals surface area contributed by atoms with Gasteiger partial charge in [0, 0.05) is 19.3 Å². The van der Waals surface area contributed by atoms with E-state index >= 15 is 0 Å². The predicted molar refractivity (Wildman–Crippen MR) is 320 cm³/mol. The van der Waals surface area contributed by atoms with Crippen LogP contribution in [0.15, 0.2) is 109 Å². The second-order valence-electron chi connectivity index (χ2n) is 20.2. The Morgan fingerprint density at radius 1 is 0.284 bits per heavy atom. The van der Waals surface area contributed by atoms with Gasteiger partial charge in [0.2, 0.25) is 0 Å². The summed E-state index contributed by atoms with van der Waals surface area (Å²) in [5.41, 5.74) is 0. The molecular formula is C68H114O6. The molecule has 0 saturated heterocycles. The number of carbonyl (C=O) groups excluding carboxylic acids is 3. The van der Waals surface area contributed by atoms with Crippen LogP contribution in [0.1, 0.15) is 284 Å². The van der Waals surface area contributed by atoms with Crippen LogP contribution in [-0.4, -0.2) is 37.2 Å². The average molecular weight is 1030 g/mol. The van der Waals surface area contributed by atoms with E-state index in [2.05, 4.69) is 130 Å². The minimum absolute atomic E-state index is 0.0846. The minimum Gasteiger partial charge on any atom is -0.462 e. The van der Waals surface area contributed by atoms with Gasteiger partial charge in [0.25, 0.3) is 0 Å². The third-order valence-corrected chi connectivity index (χ3v) is 13.0. The van der Waals surface area contributed by atoms with Gasteiger partial charge in [0.05, 0.1) is 0 Å². The largest absolute Gasteiger partial charge is 0.462 e. The van der Waals surface area contributed by atoms with Crippen molar-refractivity contribution in [3.63, 3.8) is 0 Å². The summed E-state index contributed by atoms with van der Waals surface area (Å²) in [5.74, 6) is -0.899. The van der Waals surface area contributed by atoms with Gasteiger partial charge in [-0.15, -0.1) is 0 Å². The van der Waals surface area contributed by atoms with Crippen molar-refractivity contribution in [2.24, 2.45) is 0 Å². The summed E-state index contributed by atoms with van der Waals surface area (Å²) in [4.78, 5) is 38.2. The van der Waals surface area contributed by atoms with Gasteiger partial charge in [-0.2, -0.15) is 0 Å².